The van der Waals surface area contributed by atoms with Gasteiger partial charge in [0.15, 0.2) is 11.6 Å². The normalized spacial score (nSPS) is 17.1. The van der Waals surface area contributed by atoms with Crippen LogP contribution in [0.3, 0.4) is 0 Å². The number of hydrogen-bond donors (Lipinski definition) is 0. The van der Waals surface area contributed by atoms with Gasteiger partial charge >= 0.3 is 0 Å². The highest BCUT2D eigenvalue weighted by atomic mass is 35.5. The third-order valence-corrected chi connectivity index (χ3v) is 4.45. The minimum atomic E-state index is -1.00. The largest absolute Gasteiger partial charge is 0.339 e. The third kappa shape index (κ3) is 3.06. The Morgan fingerprint density at radius 3 is 2.77 bits per heavy atom. The van der Waals surface area contributed by atoms with Crippen LogP contribution in [0, 0.1) is 11.6 Å². The Labute approximate surface area is 152 Å². The fourth-order valence-electron chi connectivity index (χ4n) is 2.92. The number of amides is 1. The first-order valence-electron chi connectivity index (χ1n) is 7.86. The van der Waals surface area contributed by atoms with E-state index in [1.54, 1.807) is 24.3 Å². The first-order chi connectivity index (χ1) is 12.5. The van der Waals surface area contributed by atoms with Crippen molar-refractivity contribution in [3.8, 4) is 11.4 Å². The smallest absolute Gasteiger partial charge is 0.232 e. The van der Waals surface area contributed by atoms with Gasteiger partial charge in [-0.3, -0.25) is 4.79 Å². The Bertz CT molecular complexity index is 992. The van der Waals surface area contributed by atoms with Crippen LogP contribution in [0.2, 0.25) is 5.02 Å². The molecule has 0 spiro atoms. The molecule has 0 radical (unpaired) electrons. The van der Waals surface area contributed by atoms with Crippen molar-refractivity contribution in [3.63, 3.8) is 0 Å². The van der Waals surface area contributed by atoms with Crippen molar-refractivity contribution in [2.24, 2.45) is 0 Å². The molecule has 2 aromatic carbocycles. The van der Waals surface area contributed by atoms with E-state index in [2.05, 4.69) is 10.1 Å². The predicted octanol–water partition coefficient (Wildman–Crippen LogP) is 4.19. The Morgan fingerprint density at radius 2 is 2.00 bits per heavy atom. The second-order valence-corrected chi connectivity index (χ2v) is 6.41. The highest BCUT2D eigenvalue weighted by Crippen LogP contribution is 2.32. The summed E-state index contributed by atoms with van der Waals surface area (Å²) in [4.78, 5) is 18.0. The van der Waals surface area contributed by atoms with Crippen molar-refractivity contribution in [2.75, 3.05) is 11.4 Å². The molecule has 0 aliphatic carbocycles. The van der Waals surface area contributed by atoms with Crippen molar-refractivity contribution >= 4 is 23.2 Å². The molecule has 3 aromatic rings. The molecule has 1 unspecified atom stereocenters. The topological polar surface area (TPSA) is 59.2 Å². The van der Waals surface area contributed by atoms with Crippen molar-refractivity contribution in [1.82, 2.24) is 10.1 Å². The van der Waals surface area contributed by atoms with E-state index in [4.69, 9.17) is 16.1 Å². The van der Waals surface area contributed by atoms with Gasteiger partial charge in [-0.2, -0.15) is 4.98 Å². The molecule has 0 saturated carbocycles. The van der Waals surface area contributed by atoms with Gasteiger partial charge < -0.3 is 9.42 Å². The second-order valence-electron chi connectivity index (χ2n) is 5.97. The summed E-state index contributed by atoms with van der Waals surface area (Å²) in [6, 6.07) is 10.4. The molecule has 1 aromatic heterocycles. The summed E-state index contributed by atoms with van der Waals surface area (Å²) in [5, 5.41) is 4.49. The molecule has 1 saturated heterocycles. The Balaban J connectivity index is 1.56. The van der Waals surface area contributed by atoms with Crippen LogP contribution in [0.1, 0.15) is 18.2 Å². The fourth-order valence-corrected chi connectivity index (χ4v) is 3.11. The monoisotopic (exact) mass is 375 g/mol. The zero-order valence-corrected chi connectivity index (χ0v) is 14.1. The van der Waals surface area contributed by atoms with Gasteiger partial charge in [0, 0.05) is 35.3 Å². The van der Waals surface area contributed by atoms with E-state index in [1.807, 2.05) is 0 Å². The Hall–Kier alpha value is -2.80. The highest BCUT2D eigenvalue weighted by molar-refractivity contribution is 6.30. The zero-order valence-electron chi connectivity index (χ0n) is 13.3. The molecule has 1 amide bonds. The van der Waals surface area contributed by atoms with E-state index in [0.717, 1.165) is 12.1 Å². The lowest BCUT2D eigenvalue weighted by Gasteiger charge is -2.16. The SMILES string of the molecule is O=C1CC(c2nc(-c3cccc(Cl)c3)no2)CN1c1ccc(F)c(F)c1. The molecule has 0 N–H and O–H groups in total. The fraction of sp³-hybridized carbons (Fsp3) is 0.167. The van der Waals surface area contributed by atoms with E-state index in [1.165, 1.54) is 11.0 Å². The van der Waals surface area contributed by atoms with Gasteiger partial charge in [0.2, 0.25) is 17.6 Å². The molecule has 1 aliphatic heterocycles. The highest BCUT2D eigenvalue weighted by Gasteiger charge is 2.35. The zero-order chi connectivity index (χ0) is 18.3. The average Bonchev–Trinajstić information content (AvgIpc) is 3.24. The molecular formula is C18H12ClF2N3O2. The molecule has 2 heterocycles. The van der Waals surface area contributed by atoms with Gasteiger partial charge in [-0.1, -0.05) is 28.9 Å². The van der Waals surface area contributed by atoms with E-state index in [0.29, 0.717) is 28.0 Å². The lowest BCUT2D eigenvalue weighted by molar-refractivity contribution is -0.117. The second kappa shape index (κ2) is 6.49. The molecule has 132 valence electrons. The van der Waals surface area contributed by atoms with Gasteiger partial charge in [0.1, 0.15) is 0 Å². The number of carbonyl (C=O) groups excluding carboxylic acids is 1. The van der Waals surface area contributed by atoms with Crippen LogP contribution in [0.25, 0.3) is 11.4 Å². The maximum Gasteiger partial charge on any atom is 0.232 e. The van der Waals surface area contributed by atoms with Gasteiger partial charge in [-0.05, 0) is 24.3 Å². The number of nitrogens with zero attached hydrogens (tertiary/aromatic N) is 3. The molecule has 0 bridgehead atoms. The van der Waals surface area contributed by atoms with E-state index in [9.17, 15) is 13.6 Å². The van der Waals surface area contributed by atoms with Gasteiger partial charge in [-0.25, -0.2) is 8.78 Å². The minimum absolute atomic E-state index is 0.149. The summed E-state index contributed by atoms with van der Waals surface area (Å²) < 4.78 is 31.8. The van der Waals surface area contributed by atoms with Crippen molar-refractivity contribution in [3.05, 3.63) is 65.0 Å². The predicted molar refractivity (Wildman–Crippen MR) is 90.8 cm³/mol. The van der Waals surface area contributed by atoms with Gasteiger partial charge in [0.05, 0.1) is 5.92 Å². The van der Waals surface area contributed by atoms with E-state index in [-0.39, 0.29) is 24.8 Å². The van der Waals surface area contributed by atoms with Crippen LogP contribution in [-0.2, 0) is 4.79 Å². The van der Waals surface area contributed by atoms with Crippen LogP contribution < -0.4 is 4.90 Å². The van der Waals surface area contributed by atoms with Crippen molar-refractivity contribution in [1.29, 1.82) is 0 Å². The third-order valence-electron chi connectivity index (χ3n) is 4.21. The van der Waals surface area contributed by atoms with Gasteiger partial charge in [0.25, 0.3) is 0 Å². The summed E-state index contributed by atoms with van der Waals surface area (Å²) in [6.07, 6.45) is 0.149. The van der Waals surface area contributed by atoms with Crippen molar-refractivity contribution < 1.29 is 18.1 Å². The number of aromatic nitrogens is 2. The standard InChI is InChI=1S/C18H12ClF2N3O2/c19-12-3-1-2-10(6-12)17-22-18(26-23-17)11-7-16(25)24(9-11)13-4-5-14(20)15(21)8-13/h1-6,8,11H,7,9H2. The molecule has 5 nitrogen and oxygen atoms in total. The van der Waals surface area contributed by atoms with Crippen LogP contribution in [-0.4, -0.2) is 22.6 Å². The number of anilines is 1. The maximum absolute atomic E-state index is 13.4. The summed E-state index contributed by atoms with van der Waals surface area (Å²) in [7, 11) is 0. The number of benzene rings is 2. The summed E-state index contributed by atoms with van der Waals surface area (Å²) >= 11 is 5.96. The molecule has 1 fully saturated rings. The number of hydrogen-bond acceptors (Lipinski definition) is 4. The first kappa shape index (κ1) is 16.7. The number of rotatable bonds is 3. The molecule has 26 heavy (non-hydrogen) atoms. The van der Waals surface area contributed by atoms with Gasteiger partial charge in [-0.15, -0.1) is 0 Å². The molecular weight excluding hydrogens is 364 g/mol. The summed E-state index contributed by atoms with van der Waals surface area (Å²) in [5.74, 6) is -1.81. The lowest BCUT2D eigenvalue weighted by Crippen LogP contribution is -2.24. The molecule has 1 aliphatic rings. The Morgan fingerprint density at radius 1 is 1.15 bits per heavy atom. The van der Waals surface area contributed by atoms with Crippen LogP contribution in [0.5, 0.6) is 0 Å². The molecule has 8 heteroatoms. The average molecular weight is 376 g/mol. The minimum Gasteiger partial charge on any atom is -0.339 e. The molecule has 1 atom stereocenters. The van der Waals surface area contributed by atoms with E-state index < -0.39 is 11.6 Å². The van der Waals surface area contributed by atoms with Crippen LogP contribution in [0.15, 0.2) is 47.0 Å². The van der Waals surface area contributed by atoms with E-state index >= 15 is 0 Å². The quantitative estimate of drug-likeness (QED) is 0.688. The number of carbonyl (C=O) groups is 1. The van der Waals surface area contributed by atoms with Crippen LogP contribution in [0.4, 0.5) is 14.5 Å². The number of halogens is 3. The van der Waals surface area contributed by atoms with Crippen LogP contribution >= 0.6 is 11.6 Å². The molecule has 4 rings (SSSR count). The first-order valence-corrected chi connectivity index (χ1v) is 8.24. The summed E-state index contributed by atoms with van der Waals surface area (Å²) in [5.41, 5.74) is 1.00. The lowest BCUT2D eigenvalue weighted by atomic mass is 10.1. The maximum atomic E-state index is 13.4. The van der Waals surface area contributed by atoms with Crippen molar-refractivity contribution in [2.45, 2.75) is 12.3 Å². The summed E-state index contributed by atoms with van der Waals surface area (Å²) in [6.45, 7) is 0.251. The Kier molecular flexibility index (Phi) is 4.16.